The van der Waals surface area contributed by atoms with Crippen LogP contribution in [-0.4, -0.2) is 46.6 Å². The summed E-state index contributed by atoms with van der Waals surface area (Å²) >= 11 is 1.46. The molecule has 0 unspecified atom stereocenters. The fraction of sp³-hybridized carbons (Fsp3) is 0.692. The van der Waals surface area contributed by atoms with Crippen LogP contribution in [0.5, 0.6) is 0 Å². The Morgan fingerprint density at radius 1 is 1.50 bits per heavy atom. The number of thiophene rings is 1. The predicted molar refractivity (Wildman–Crippen MR) is 80.4 cm³/mol. The Labute approximate surface area is 125 Å². The van der Waals surface area contributed by atoms with Crippen molar-refractivity contribution in [3.63, 3.8) is 0 Å². The molecule has 0 spiro atoms. The second-order valence-corrected chi connectivity index (χ2v) is 8.16. The van der Waals surface area contributed by atoms with E-state index < -0.39 is 10.0 Å². The molecule has 0 saturated heterocycles. The molecule has 114 valence electrons. The number of rotatable bonds is 9. The highest BCUT2D eigenvalue weighted by atomic mass is 32.2. The molecule has 0 amide bonds. The van der Waals surface area contributed by atoms with Gasteiger partial charge in [-0.15, -0.1) is 11.3 Å². The molecule has 1 aliphatic carbocycles. The molecule has 0 aromatic carbocycles. The van der Waals surface area contributed by atoms with Crippen molar-refractivity contribution in [2.75, 3.05) is 33.9 Å². The number of nitrogens with one attached hydrogen (secondary N) is 1. The van der Waals surface area contributed by atoms with Gasteiger partial charge in [0.15, 0.2) is 0 Å². The van der Waals surface area contributed by atoms with E-state index in [0.29, 0.717) is 30.5 Å². The standard InChI is InChI=1S/C13H22N2O3S2/c1-14-8-12-7-13(10-19-12)20(16,17)15(2)5-6-18-9-11-3-4-11/h7,10-11,14H,3-6,8-9H2,1-2H3. The lowest BCUT2D eigenvalue weighted by Crippen LogP contribution is -2.30. The second kappa shape index (κ2) is 7.00. The number of hydrogen-bond donors (Lipinski definition) is 1. The van der Waals surface area contributed by atoms with Gasteiger partial charge >= 0.3 is 0 Å². The number of hydrogen-bond acceptors (Lipinski definition) is 5. The predicted octanol–water partition coefficient (Wildman–Crippen LogP) is 1.51. The van der Waals surface area contributed by atoms with Crippen molar-refractivity contribution in [1.82, 2.24) is 9.62 Å². The van der Waals surface area contributed by atoms with Gasteiger partial charge in [0, 0.05) is 37.0 Å². The first-order chi connectivity index (χ1) is 9.54. The maximum Gasteiger partial charge on any atom is 0.243 e. The van der Waals surface area contributed by atoms with E-state index in [0.717, 1.165) is 11.5 Å². The lowest BCUT2D eigenvalue weighted by molar-refractivity contribution is 0.117. The van der Waals surface area contributed by atoms with E-state index in [1.54, 1.807) is 18.5 Å². The SMILES string of the molecule is CNCc1cc(S(=O)(=O)N(C)CCOCC2CC2)cs1. The van der Waals surface area contributed by atoms with Crippen LogP contribution in [-0.2, 0) is 21.3 Å². The number of sulfonamides is 1. The van der Waals surface area contributed by atoms with Gasteiger partial charge in [-0.25, -0.2) is 8.42 Å². The maximum atomic E-state index is 12.3. The Morgan fingerprint density at radius 2 is 2.25 bits per heavy atom. The lowest BCUT2D eigenvalue weighted by atomic mass is 10.5. The van der Waals surface area contributed by atoms with Crippen LogP contribution in [0.2, 0.25) is 0 Å². The number of nitrogens with zero attached hydrogens (tertiary/aromatic N) is 1. The fourth-order valence-electron chi connectivity index (χ4n) is 1.79. The van der Waals surface area contributed by atoms with Crippen molar-refractivity contribution in [3.05, 3.63) is 16.3 Å². The zero-order valence-electron chi connectivity index (χ0n) is 12.0. The highest BCUT2D eigenvalue weighted by Crippen LogP contribution is 2.28. The zero-order chi connectivity index (χ0) is 14.6. The van der Waals surface area contributed by atoms with Crippen LogP contribution in [0.25, 0.3) is 0 Å². The molecule has 1 aliphatic rings. The number of likely N-dealkylation sites (N-methyl/N-ethyl adjacent to an activating group) is 1. The van der Waals surface area contributed by atoms with Crippen LogP contribution < -0.4 is 5.32 Å². The van der Waals surface area contributed by atoms with Gasteiger partial charge in [0.25, 0.3) is 0 Å². The highest BCUT2D eigenvalue weighted by Gasteiger charge is 2.23. The zero-order valence-corrected chi connectivity index (χ0v) is 13.6. The molecule has 7 heteroatoms. The van der Waals surface area contributed by atoms with Crippen LogP contribution in [0.15, 0.2) is 16.3 Å². The third kappa shape index (κ3) is 4.26. The summed E-state index contributed by atoms with van der Waals surface area (Å²) in [6, 6.07) is 1.73. The molecule has 1 N–H and O–H groups in total. The molecule has 1 saturated carbocycles. The van der Waals surface area contributed by atoms with Gasteiger partial charge in [-0.05, 0) is 31.9 Å². The van der Waals surface area contributed by atoms with Gasteiger partial charge in [-0.1, -0.05) is 0 Å². The quantitative estimate of drug-likeness (QED) is 0.701. The third-order valence-corrected chi connectivity index (χ3v) is 6.21. The Kier molecular flexibility index (Phi) is 5.57. The summed E-state index contributed by atoms with van der Waals surface area (Å²) in [5.41, 5.74) is 0. The minimum absolute atomic E-state index is 0.373. The van der Waals surface area contributed by atoms with Crippen molar-refractivity contribution >= 4 is 21.4 Å². The summed E-state index contributed by atoms with van der Waals surface area (Å²) in [7, 11) is 0.0613. The monoisotopic (exact) mass is 318 g/mol. The normalized spacial score (nSPS) is 15.9. The van der Waals surface area contributed by atoms with E-state index >= 15 is 0 Å². The maximum absolute atomic E-state index is 12.3. The smallest absolute Gasteiger partial charge is 0.243 e. The minimum atomic E-state index is -3.39. The molecule has 1 aromatic rings. The highest BCUT2D eigenvalue weighted by molar-refractivity contribution is 7.89. The average molecular weight is 318 g/mol. The first-order valence-electron chi connectivity index (χ1n) is 6.80. The van der Waals surface area contributed by atoms with E-state index in [1.165, 1.54) is 28.5 Å². The van der Waals surface area contributed by atoms with Gasteiger partial charge in [0.2, 0.25) is 10.0 Å². The van der Waals surface area contributed by atoms with Gasteiger partial charge in [0.1, 0.15) is 0 Å². The first kappa shape index (κ1) is 15.9. The average Bonchev–Trinajstić information content (AvgIpc) is 3.11. The summed E-state index contributed by atoms with van der Waals surface area (Å²) in [6.07, 6.45) is 2.49. The van der Waals surface area contributed by atoms with Crippen LogP contribution in [0.1, 0.15) is 17.7 Å². The molecule has 1 fully saturated rings. The summed E-state index contributed by atoms with van der Waals surface area (Å²) < 4.78 is 31.5. The molecule has 1 aromatic heterocycles. The van der Waals surface area contributed by atoms with Crippen molar-refractivity contribution in [1.29, 1.82) is 0 Å². The van der Waals surface area contributed by atoms with Gasteiger partial charge in [-0.3, -0.25) is 0 Å². The minimum Gasteiger partial charge on any atom is -0.380 e. The van der Waals surface area contributed by atoms with E-state index in [2.05, 4.69) is 5.32 Å². The molecular weight excluding hydrogens is 296 g/mol. The van der Waals surface area contributed by atoms with Crippen LogP contribution in [0, 0.1) is 5.92 Å². The topological polar surface area (TPSA) is 58.6 Å². The summed E-state index contributed by atoms with van der Waals surface area (Å²) in [4.78, 5) is 1.39. The van der Waals surface area contributed by atoms with E-state index in [-0.39, 0.29) is 0 Å². The van der Waals surface area contributed by atoms with Gasteiger partial charge in [0.05, 0.1) is 11.5 Å². The number of ether oxygens (including phenoxy) is 1. The summed E-state index contributed by atoms with van der Waals surface area (Å²) in [5.74, 6) is 0.706. The largest absolute Gasteiger partial charge is 0.380 e. The Balaban J connectivity index is 1.86. The molecule has 5 nitrogen and oxygen atoms in total. The molecule has 0 aliphatic heterocycles. The van der Waals surface area contributed by atoms with Crippen molar-refractivity contribution < 1.29 is 13.2 Å². The second-order valence-electron chi connectivity index (χ2n) is 5.12. The Hall–Kier alpha value is -0.470. The van der Waals surface area contributed by atoms with Crippen molar-refractivity contribution in [2.45, 2.75) is 24.3 Å². The summed E-state index contributed by atoms with van der Waals surface area (Å²) in [5, 5.41) is 4.72. The van der Waals surface area contributed by atoms with E-state index in [1.807, 2.05) is 7.05 Å². The van der Waals surface area contributed by atoms with Crippen LogP contribution in [0.3, 0.4) is 0 Å². The van der Waals surface area contributed by atoms with E-state index in [9.17, 15) is 8.42 Å². The first-order valence-corrected chi connectivity index (χ1v) is 9.12. The Morgan fingerprint density at radius 3 is 2.90 bits per heavy atom. The van der Waals surface area contributed by atoms with Crippen molar-refractivity contribution in [2.24, 2.45) is 5.92 Å². The van der Waals surface area contributed by atoms with Gasteiger partial charge in [-0.2, -0.15) is 4.31 Å². The Bertz CT molecular complexity index is 523. The van der Waals surface area contributed by atoms with Crippen molar-refractivity contribution in [3.8, 4) is 0 Å². The third-order valence-electron chi connectivity index (χ3n) is 3.29. The van der Waals surface area contributed by atoms with Crippen LogP contribution in [0.4, 0.5) is 0 Å². The molecule has 2 rings (SSSR count). The molecule has 0 atom stereocenters. The molecule has 0 radical (unpaired) electrons. The molecule has 20 heavy (non-hydrogen) atoms. The lowest BCUT2D eigenvalue weighted by Gasteiger charge is -2.16. The van der Waals surface area contributed by atoms with E-state index in [4.69, 9.17) is 4.74 Å². The molecule has 1 heterocycles. The molecule has 0 bridgehead atoms. The summed E-state index contributed by atoms with van der Waals surface area (Å²) in [6.45, 7) is 2.30. The van der Waals surface area contributed by atoms with Crippen LogP contribution >= 0.6 is 11.3 Å². The molecular formula is C13H22N2O3S2. The fourth-order valence-corrected chi connectivity index (χ4v) is 4.22. The van der Waals surface area contributed by atoms with Gasteiger partial charge < -0.3 is 10.1 Å².